The molecular weight excluding hydrogens is 320 g/mol. The molecule has 1 fully saturated rings. The lowest BCUT2D eigenvalue weighted by Crippen LogP contribution is -2.40. The van der Waals surface area contributed by atoms with Gasteiger partial charge in [-0.05, 0) is 18.9 Å². The lowest BCUT2D eigenvalue weighted by Gasteiger charge is -2.29. The van der Waals surface area contributed by atoms with Crippen LogP contribution in [0.4, 0.5) is 11.4 Å². The zero-order valence-electron chi connectivity index (χ0n) is 14.7. The fourth-order valence-corrected chi connectivity index (χ4v) is 3.23. The third kappa shape index (κ3) is 4.24. The van der Waals surface area contributed by atoms with Crippen molar-refractivity contribution in [3.63, 3.8) is 0 Å². The molecule has 0 aliphatic carbocycles. The van der Waals surface area contributed by atoms with E-state index in [2.05, 4.69) is 22.1 Å². The number of nitro groups is 1. The lowest BCUT2D eigenvalue weighted by atomic mass is 10.1. The maximum Gasteiger partial charge on any atom is 0.295 e. The molecule has 1 aromatic carbocycles. The van der Waals surface area contributed by atoms with E-state index >= 15 is 0 Å². The molecule has 7 nitrogen and oxygen atoms in total. The van der Waals surface area contributed by atoms with Gasteiger partial charge in [-0.3, -0.25) is 15.0 Å². The largest absolute Gasteiger partial charge is 0.384 e. The number of benzene rings is 1. The van der Waals surface area contributed by atoms with Crippen LogP contribution in [0.5, 0.6) is 0 Å². The van der Waals surface area contributed by atoms with Crippen LogP contribution in [-0.4, -0.2) is 54.2 Å². The van der Waals surface area contributed by atoms with Crippen LogP contribution in [0.15, 0.2) is 24.3 Å². The zero-order valence-corrected chi connectivity index (χ0v) is 14.7. The molecule has 0 bridgehead atoms. The predicted octanol–water partition coefficient (Wildman–Crippen LogP) is 2.83. The number of rotatable bonds is 6. The Balaban J connectivity index is 1.74. The summed E-state index contributed by atoms with van der Waals surface area (Å²) in [6.07, 6.45) is 0. The maximum atomic E-state index is 11.3. The number of nitrogens with one attached hydrogen (secondary N) is 1. The third-order valence-corrected chi connectivity index (χ3v) is 4.46. The van der Waals surface area contributed by atoms with Gasteiger partial charge >= 0.3 is 0 Å². The van der Waals surface area contributed by atoms with Crippen LogP contribution in [0.2, 0.25) is 0 Å². The zero-order chi connectivity index (χ0) is 17.8. The van der Waals surface area contributed by atoms with Gasteiger partial charge in [-0.1, -0.05) is 19.1 Å². The van der Waals surface area contributed by atoms with E-state index in [0.29, 0.717) is 11.4 Å². The van der Waals surface area contributed by atoms with Crippen LogP contribution in [-0.2, 0) is 4.74 Å². The standard InChI is InChI=1S/C18H24N4O3/c1-13(12-21-6-8-25-9-7-21)11-19-16-10-14(2)20-18-15(16)4-3-5-17(18)22(23)24/h3-5,10,13H,6-9,11-12H2,1-2H3,(H,19,20). The summed E-state index contributed by atoms with van der Waals surface area (Å²) in [6.45, 7) is 9.45. The fourth-order valence-electron chi connectivity index (χ4n) is 3.23. The SMILES string of the molecule is Cc1cc(NCC(C)CN2CCOCC2)c2cccc([N+](=O)[O-])c2n1. The number of pyridine rings is 1. The highest BCUT2D eigenvalue weighted by Gasteiger charge is 2.17. The van der Waals surface area contributed by atoms with Crippen molar-refractivity contribution in [1.82, 2.24) is 9.88 Å². The number of hydrogen-bond donors (Lipinski definition) is 1. The summed E-state index contributed by atoms with van der Waals surface area (Å²) in [6, 6.07) is 7.04. The highest BCUT2D eigenvalue weighted by Crippen LogP contribution is 2.29. The van der Waals surface area contributed by atoms with E-state index in [1.165, 1.54) is 6.07 Å². The van der Waals surface area contributed by atoms with Crippen molar-refractivity contribution in [1.29, 1.82) is 0 Å². The van der Waals surface area contributed by atoms with E-state index in [4.69, 9.17) is 4.74 Å². The van der Waals surface area contributed by atoms with Gasteiger partial charge in [-0.15, -0.1) is 0 Å². The molecule has 1 saturated heterocycles. The van der Waals surface area contributed by atoms with Crippen molar-refractivity contribution in [2.24, 2.45) is 5.92 Å². The van der Waals surface area contributed by atoms with Crippen molar-refractivity contribution in [2.75, 3.05) is 44.7 Å². The number of ether oxygens (including phenoxy) is 1. The van der Waals surface area contributed by atoms with Crippen LogP contribution < -0.4 is 5.32 Å². The Morgan fingerprint density at radius 2 is 2.16 bits per heavy atom. The van der Waals surface area contributed by atoms with E-state index in [9.17, 15) is 10.1 Å². The Kier molecular flexibility index (Phi) is 5.45. The smallest absolute Gasteiger partial charge is 0.295 e. The van der Waals surface area contributed by atoms with Gasteiger partial charge in [-0.2, -0.15) is 0 Å². The number of non-ortho nitro benzene ring substituents is 1. The first-order valence-electron chi connectivity index (χ1n) is 8.63. The van der Waals surface area contributed by atoms with Gasteiger partial charge in [0.2, 0.25) is 0 Å². The Labute approximate surface area is 147 Å². The Hall–Kier alpha value is -2.25. The van der Waals surface area contributed by atoms with Crippen LogP contribution in [0, 0.1) is 23.0 Å². The van der Waals surface area contributed by atoms with Crippen LogP contribution in [0.25, 0.3) is 10.9 Å². The van der Waals surface area contributed by atoms with Crippen molar-refractivity contribution in [3.8, 4) is 0 Å². The minimum atomic E-state index is -0.375. The lowest BCUT2D eigenvalue weighted by molar-refractivity contribution is -0.383. The highest BCUT2D eigenvalue weighted by molar-refractivity contribution is 5.96. The first kappa shape index (κ1) is 17.6. The minimum absolute atomic E-state index is 0.0469. The van der Waals surface area contributed by atoms with Crippen LogP contribution in [0.1, 0.15) is 12.6 Å². The second kappa shape index (κ2) is 7.76. The number of fused-ring (bicyclic) bond motifs is 1. The van der Waals surface area contributed by atoms with Gasteiger partial charge in [0.1, 0.15) is 0 Å². The molecule has 2 heterocycles. The van der Waals surface area contributed by atoms with Gasteiger partial charge in [0.25, 0.3) is 5.69 Å². The normalized spacial score (nSPS) is 16.7. The molecule has 0 spiro atoms. The summed E-state index contributed by atoms with van der Waals surface area (Å²) in [5.74, 6) is 0.459. The molecular formula is C18H24N4O3. The highest BCUT2D eigenvalue weighted by atomic mass is 16.6. The first-order valence-corrected chi connectivity index (χ1v) is 8.63. The van der Waals surface area contributed by atoms with E-state index in [-0.39, 0.29) is 10.6 Å². The Bertz CT molecular complexity index is 759. The quantitative estimate of drug-likeness (QED) is 0.641. The summed E-state index contributed by atoms with van der Waals surface area (Å²) in [5.41, 5.74) is 2.16. The number of aromatic nitrogens is 1. The molecule has 1 N–H and O–H groups in total. The minimum Gasteiger partial charge on any atom is -0.384 e. The Morgan fingerprint density at radius 3 is 2.88 bits per heavy atom. The molecule has 3 rings (SSSR count). The summed E-state index contributed by atoms with van der Waals surface area (Å²) in [5, 5.41) is 15.5. The second-order valence-electron chi connectivity index (χ2n) is 6.64. The molecule has 0 radical (unpaired) electrons. The summed E-state index contributed by atoms with van der Waals surface area (Å²) in [4.78, 5) is 17.7. The molecule has 1 aliphatic rings. The number of anilines is 1. The van der Waals surface area contributed by atoms with Gasteiger partial charge < -0.3 is 10.1 Å². The topological polar surface area (TPSA) is 80.5 Å². The molecule has 0 saturated carbocycles. The van der Waals surface area contributed by atoms with Crippen LogP contribution in [0.3, 0.4) is 0 Å². The number of aryl methyl sites for hydroxylation is 1. The van der Waals surface area contributed by atoms with Crippen molar-refractivity contribution >= 4 is 22.3 Å². The molecule has 1 aliphatic heterocycles. The molecule has 25 heavy (non-hydrogen) atoms. The fraction of sp³-hybridized carbons (Fsp3) is 0.500. The summed E-state index contributed by atoms with van der Waals surface area (Å²) in [7, 11) is 0. The Morgan fingerprint density at radius 1 is 1.40 bits per heavy atom. The number of para-hydroxylation sites is 1. The van der Waals surface area contributed by atoms with E-state index in [1.807, 2.05) is 19.1 Å². The number of nitrogens with zero attached hydrogens (tertiary/aromatic N) is 3. The van der Waals surface area contributed by atoms with Crippen molar-refractivity contribution < 1.29 is 9.66 Å². The molecule has 0 amide bonds. The average Bonchev–Trinajstić information content (AvgIpc) is 2.59. The van der Waals surface area contributed by atoms with E-state index in [0.717, 1.165) is 56.2 Å². The monoisotopic (exact) mass is 344 g/mol. The molecule has 7 heteroatoms. The number of nitro benzene ring substituents is 1. The molecule has 2 aromatic rings. The number of hydrogen-bond acceptors (Lipinski definition) is 6. The number of morpholine rings is 1. The molecule has 1 aromatic heterocycles. The summed E-state index contributed by atoms with van der Waals surface area (Å²) >= 11 is 0. The average molecular weight is 344 g/mol. The molecule has 1 unspecified atom stereocenters. The second-order valence-corrected chi connectivity index (χ2v) is 6.64. The van der Waals surface area contributed by atoms with Crippen molar-refractivity contribution in [2.45, 2.75) is 13.8 Å². The first-order chi connectivity index (χ1) is 12.0. The maximum absolute atomic E-state index is 11.3. The summed E-state index contributed by atoms with van der Waals surface area (Å²) < 4.78 is 5.38. The van der Waals surface area contributed by atoms with Gasteiger partial charge in [0, 0.05) is 49.0 Å². The van der Waals surface area contributed by atoms with E-state index < -0.39 is 0 Å². The third-order valence-electron chi connectivity index (χ3n) is 4.46. The van der Waals surface area contributed by atoms with Gasteiger partial charge in [0.15, 0.2) is 5.52 Å². The molecule has 1 atom stereocenters. The van der Waals surface area contributed by atoms with Gasteiger partial charge in [0.05, 0.1) is 18.1 Å². The van der Waals surface area contributed by atoms with E-state index in [1.54, 1.807) is 6.07 Å². The van der Waals surface area contributed by atoms with Crippen LogP contribution >= 0.6 is 0 Å². The molecule has 134 valence electrons. The predicted molar refractivity (Wildman–Crippen MR) is 98.0 cm³/mol. The van der Waals surface area contributed by atoms with Gasteiger partial charge in [-0.25, -0.2) is 4.98 Å². The van der Waals surface area contributed by atoms with Crippen molar-refractivity contribution in [3.05, 3.63) is 40.1 Å².